The third-order valence-electron chi connectivity index (χ3n) is 3.23. The molecule has 1 unspecified atom stereocenters. The molecule has 1 aromatic heterocycles. The van der Waals surface area contributed by atoms with E-state index < -0.39 is 12.0 Å². The van der Waals surface area contributed by atoms with Crippen LogP contribution in [0.4, 0.5) is 0 Å². The SMILES string of the molecule is CCC(NC(=O)Cc1csc(-c2ccc(C)cc2)n1)C(=O)O. The largest absolute Gasteiger partial charge is 0.480 e. The monoisotopic (exact) mass is 318 g/mol. The summed E-state index contributed by atoms with van der Waals surface area (Å²) in [5, 5.41) is 14.1. The first-order valence-electron chi connectivity index (χ1n) is 7.03. The van der Waals surface area contributed by atoms with Crippen molar-refractivity contribution in [2.75, 3.05) is 0 Å². The van der Waals surface area contributed by atoms with Crippen molar-refractivity contribution in [1.82, 2.24) is 10.3 Å². The second kappa shape index (κ2) is 7.17. The van der Waals surface area contributed by atoms with Gasteiger partial charge in [0.25, 0.3) is 0 Å². The number of thiazole rings is 1. The number of carbonyl (C=O) groups excluding carboxylic acids is 1. The molecule has 0 bridgehead atoms. The van der Waals surface area contributed by atoms with Crippen LogP contribution < -0.4 is 5.32 Å². The van der Waals surface area contributed by atoms with E-state index in [1.165, 1.54) is 16.9 Å². The van der Waals surface area contributed by atoms with Gasteiger partial charge in [0.15, 0.2) is 0 Å². The van der Waals surface area contributed by atoms with E-state index in [2.05, 4.69) is 10.3 Å². The lowest BCUT2D eigenvalue weighted by molar-refractivity contribution is -0.141. The van der Waals surface area contributed by atoms with Crippen molar-refractivity contribution in [3.8, 4) is 10.6 Å². The Morgan fingerprint density at radius 2 is 2.00 bits per heavy atom. The molecule has 6 heteroatoms. The number of aliphatic carboxylic acids is 1. The zero-order chi connectivity index (χ0) is 16.1. The van der Waals surface area contributed by atoms with E-state index in [0.717, 1.165) is 10.6 Å². The number of carbonyl (C=O) groups is 2. The van der Waals surface area contributed by atoms with E-state index in [1.807, 2.05) is 36.6 Å². The lowest BCUT2D eigenvalue weighted by Gasteiger charge is -2.11. The Morgan fingerprint density at radius 3 is 2.59 bits per heavy atom. The number of carboxylic acids is 1. The number of nitrogens with zero attached hydrogens (tertiary/aromatic N) is 1. The van der Waals surface area contributed by atoms with Crippen LogP contribution in [0, 0.1) is 6.92 Å². The average molecular weight is 318 g/mol. The van der Waals surface area contributed by atoms with Crippen LogP contribution >= 0.6 is 11.3 Å². The van der Waals surface area contributed by atoms with E-state index in [-0.39, 0.29) is 12.3 Å². The molecule has 0 aliphatic rings. The summed E-state index contributed by atoms with van der Waals surface area (Å²) in [7, 11) is 0. The van der Waals surface area contributed by atoms with E-state index in [0.29, 0.717) is 12.1 Å². The van der Waals surface area contributed by atoms with Crippen molar-refractivity contribution in [3.63, 3.8) is 0 Å². The van der Waals surface area contributed by atoms with Gasteiger partial charge in [-0.25, -0.2) is 9.78 Å². The maximum atomic E-state index is 11.9. The Morgan fingerprint density at radius 1 is 1.32 bits per heavy atom. The van der Waals surface area contributed by atoms with Gasteiger partial charge in [0, 0.05) is 10.9 Å². The summed E-state index contributed by atoms with van der Waals surface area (Å²) in [6.07, 6.45) is 0.443. The quantitative estimate of drug-likeness (QED) is 0.858. The predicted octanol–water partition coefficient (Wildman–Crippen LogP) is 2.64. The van der Waals surface area contributed by atoms with Crippen molar-refractivity contribution in [1.29, 1.82) is 0 Å². The van der Waals surface area contributed by atoms with Crippen LogP contribution in [-0.2, 0) is 16.0 Å². The molecule has 0 saturated heterocycles. The zero-order valence-corrected chi connectivity index (χ0v) is 13.3. The van der Waals surface area contributed by atoms with Crippen LogP contribution in [0.1, 0.15) is 24.6 Å². The summed E-state index contributed by atoms with van der Waals surface area (Å²) in [6, 6.07) is 7.18. The first-order chi connectivity index (χ1) is 10.5. The molecule has 2 rings (SSSR count). The normalized spacial score (nSPS) is 11.9. The molecule has 1 amide bonds. The molecule has 5 nitrogen and oxygen atoms in total. The van der Waals surface area contributed by atoms with Crippen molar-refractivity contribution in [2.45, 2.75) is 32.7 Å². The van der Waals surface area contributed by atoms with Gasteiger partial charge in [-0.2, -0.15) is 0 Å². The Kier molecular flexibility index (Phi) is 5.27. The van der Waals surface area contributed by atoms with Crippen molar-refractivity contribution < 1.29 is 14.7 Å². The summed E-state index contributed by atoms with van der Waals surface area (Å²) in [4.78, 5) is 27.2. The highest BCUT2D eigenvalue weighted by molar-refractivity contribution is 7.13. The van der Waals surface area contributed by atoms with Crippen LogP contribution in [0.15, 0.2) is 29.6 Å². The number of amides is 1. The van der Waals surface area contributed by atoms with Gasteiger partial charge in [-0.05, 0) is 13.3 Å². The van der Waals surface area contributed by atoms with Crippen molar-refractivity contribution in [2.24, 2.45) is 0 Å². The smallest absolute Gasteiger partial charge is 0.326 e. The maximum absolute atomic E-state index is 11.9. The molecule has 1 aromatic carbocycles. The highest BCUT2D eigenvalue weighted by Gasteiger charge is 2.18. The fourth-order valence-corrected chi connectivity index (χ4v) is 2.79. The first-order valence-corrected chi connectivity index (χ1v) is 7.91. The summed E-state index contributed by atoms with van der Waals surface area (Å²) in [6.45, 7) is 3.74. The van der Waals surface area contributed by atoms with E-state index in [4.69, 9.17) is 5.11 Å². The molecule has 2 N–H and O–H groups in total. The predicted molar refractivity (Wildman–Crippen MR) is 85.8 cm³/mol. The lowest BCUT2D eigenvalue weighted by Crippen LogP contribution is -2.41. The van der Waals surface area contributed by atoms with Gasteiger partial charge >= 0.3 is 5.97 Å². The third-order valence-corrected chi connectivity index (χ3v) is 4.17. The molecule has 0 fully saturated rings. The molecular formula is C16H18N2O3S. The molecule has 2 aromatic rings. The molecule has 0 radical (unpaired) electrons. The molecule has 0 aliphatic carbocycles. The average Bonchev–Trinajstić information content (AvgIpc) is 2.93. The summed E-state index contributed by atoms with van der Waals surface area (Å²) in [5.41, 5.74) is 2.84. The first kappa shape index (κ1) is 16.2. The van der Waals surface area contributed by atoms with Crippen molar-refractivity contribution >= 4 is 23.2 Å². The Bertz CT molecular complexity index is 664. The van der Waals surface area contributed by atoms with Gasteiger partial charge in [0.05, 0.1) is 12.1 Å². The van der Waals surface area contributed by atoms with E-state index in [1.54, 1.807) is 6.92 Å². The Hall–Kier alpha value is -2.21. The molecule has 116 valence electrons. The fraction of sp³-hybridized carbons (Fsp3) is 0.312. The molecule has 1 heterocycles. The van der Waals surface area contributed by atoms with E-state index >= 15 is 0 Å². The standard InChI is InChI=1S/C16H18N2O3S/c1-3-13(16(20)21)18-14(19)8-12-9-22-15(17-12)11-6-4-10(2)5-7-11/h4-7,9,13H,3,8H2,1-2H3,(H,18,19)(H,20,21). The minimum absolute atomic E-state index is 0.0894. The highest BCUT2D eigenvalue weighted by Crippen LogP contribution is 2.24. The number of carboxylic acid groups (broad SMARTS) is 1. The number of benzene rings is 1. The van der Waals surface area contributed by atoms with Gasteiger partial charge in [-0.3, -0.25) is 4.79 Å². The van der Waals surface area contributed by atoms with Crippen LogP contribution in [0.2, 0.25) is 0 Å². The number of aromatic nitrogens is 1. The van der Waals surface area contributed by atoms with Gasteiger partial charge in [-0.15, -0.1) is 11.3 Å². The number of hydrogen-bond donors (Lipinski definition) is 2. The molecule has 22 heavy (non-hydrogen) atoms. The molecule has 0 saturated carbocycles. The fourth-order valence-electron chi connectivity index (χ4n) is 1.97. The van der Waals surface area contributed by atoms with E-state index in [9.17, 15) is 9.59 Å². The number of nitrogens with one attached hydrogen (secondary N) is 1. The Labute approximate surface area is 133 Å². The van der Waals surface area contributed by atoms with Crippen LogP contribution in [0.5, 0.6) is 0 Å². The van der Waals surface area contributed by atoms with Gasteiger partial charge < -0.3 is 10.4 Å². The second-order valence-electron chi connectivity index (χ2n) is 5.05. The minimum Gasteiger partial charge on any atom is -0.480 e. The number of rotatable bonds is 6. The summed E-state index contributed by atoms with van der Waals surface area (Å²) < 4.78 is 0. The number of aryl methyl sites for hydroxylation is 1. The zero-order valence-electron chi connectivity index (χ0n) is 12.5. The number of hydrogen-bond acceptors (Lipinski definition) is 4. The van der Waals surface area contributed by atoms with Gasteiger partial charge in [0.2, 0.25) is 5.91 Å². The van der Waals surface area contributed by atoms with Gasteiger partial charge in [-0.1, -0.05) is 36.8 Å². The molecule has 0 aliphatic heterocycles. The highest BCUT2D eigenvalue weighted by atomic mass is 32.1. The maximum Gasteiger partial charge on any atom is 0.326 e. The van der Waals surface area contributed by atoms with Gasteiger partial charge in [0.1, 0.15) is 11.0 Å². The van der Waals surface area contributed by atoms with Crippen molar-refractivity contribution in [3.05, 3.63) is 40.9 Å². The summed E-state index contributed by atoms with van der Waals surface area (Å²) >= 11 is 1.47. The summed E-state index contributed by atoms with van der Waals surface area (Å²) in [5.74, 6) is -1.34. The van der Waals surface area contributed by atoms with Crippen LogP contribution in [-0.4, -0.2) is 28.0 Å². The molecular weight excluding hydrogens is 300 g/mol. The topological polar surface area (TPSA) is 79.3 Å². The lowest BCUT2D eigenvalue weighted by atomic mass is 10.2. The second-order valence-corrected chi connectivity index (χ2v) is 5.91. The van der Waals surface area contributed by atoms with Crippen LogP contribution in [0.25, 0.3) is 10.6 Å². The third kappa shape index (κ3) is 4.14. The Balaban J connectivity index is 2.01. The molecule has 0 spiro atoms. The minimum atomic E-state index is -1.02. The van der Waals surface area contributed by atoms with Crippen LogP contribution in [0.3, 0.4) is 0 Å². The molecule has 1 atom stereocenters.